The molecule has 1 heterocycles. The molecule has 0 spiro atoms. The summed E-state index contributed by atoms with van der Waals surface area (Å²) < 4.78 is 21.4. The molecule has 0 unspecified atom stereocenters. The van der Waals surface area contributed by atoms with E-state index in [1.165, 1.54) is 24.3 Å². The van der Waals surface area contributed by atoms with Crippen LogP contribution in [0.5, 0.6) is 5.88 Å². The number of nitrogens with one attached hydrogen (secondary N) is 1. The van der Waals surface area contributed by atoms with E-state index in [9.17, 15) is 24.2 Å². The van der Waals surface area contributed by atoms with E-state index in [1.807, 2.05) is 20.8 Å². The number of aromatic nitrogens is 2. The number of aliphatic hydroxyl groups is 1. The first-order valence-electron chi connectivity index (χ1n) is 10.9. The number of nitrogens with zero attached hydrogens (tertiary/aromatic N) is 2. The Labute approximate surface area is 207 Å². The number of carbonyl (C=O) groups is 2. The van der Waals surface area contributed by atoms with Crippen LogP contribution in [0.25, 0.3) is 5.69 Å². The number of rotatable bonds is 9. The Balaban J connectivity index is 1.92. The molecule has 1 aromatic heterocycles. The molecule has 0 aliphatic heterocycles. The van der Waals surface area contributed by atoms with Gasteiger partial charge in [0.25, 0.3) is 5.91 Å². The highest BCUT2D eigenvalue weighted by molar-refractivity contribution is 6.30. The average Bonchev–Trinajstić information content (AvgIpc) is 3.21. The summed E-state index contributed by atoms with van der Waals surface area (Å²) in [6, 6.07) is 12.7. The van der Waals surface area contributed by atoms with Crippen LogP contribution in [0.1, 0.15) is 49.3 Å². The third kappa shape index (κ3) is 6.80. The fourth-order valence-corrected chi connectivity index (χ4v) is 3.27. The normalized spacial score (nSPS) is 13.2. The Kier molecular flexibility index (Phi) is 8.14. The van der Waals surface area contributed by atoms with Crippen LogP contribution < -0.4 is 10.1 Å². The van der Waals surface area contributed by atoms with Gasteiger partial charge in [0, 0.05) is 11.1 Å². The Morgan fingerprint density at radius 3 is 2.43 bits per heavy atom. The number of halogens is 2. The van der Waals surface area contributed by atoms with E-state index in [2.05, 4.69) is 10.4 Å². The Bertz CT molecular complexity index is 1190. The Hall–Kier alpha value is -3.43. The van der Waals surface area contributed by atoms with Crippen LogP contribution in [-0.4, -0.2) is 44.6 Å². The van der Waals surface area contributed by atoms with Gasteiger partial charge in [-0.15, -0.1) is 0 Å². The molecule has 0 saturated carbocycles. The second-order valence-corrected chi connectivity index (χ2v) is 9.54. The van der Waals surface area contributed by atoms with Crippen molar-refractivity contribution >= 4 is 23.5 Å². The van der Waals surface area contributed by atoms with Crippen LogP contribution in [0.3, 0.4) is 0 Å². The average molecular weight is 504 g/mol. The van der Waals surface area contributed by atoms with E-state index in [4.69, 9.17) is 16.3 Å². The predicted octanol–water partition coefficient (Wildman–Crippen LogP) is 4.40. The number of hydrogen-bond acceptors (Lipinski definition) is 5. The second-order valence-electron chi connectivity index (χ2n) is 9.10. The molecule has 0 bridgehead atoms. The minimum atomic E-state index is -1.11. The number of carbonyl (C=O) groups excluding carboxylic acids is 1. The highest BCUT2D eigenvalue weighted by Gasteiger charge is 2.26. The smallest absolute Gasteiger partial charge is 0.305 e. The molecule has 3 N–H and O–H groups in total. The molecule has 0 radical (unpaired) electrons. The van der Waals surface area contributed by atoms with E-state index < -0.39 is 35.3 Å². The van der Waals surface area contributed by atoms with E-state index in [1.54, 1.807) is 30.3 Å². The molecule has 35 heavy (non-hydrogen) atoms. The number of carboxylic acid groups (broad SMARTS) is 1. The van der Waals surface area contributed by atoms with Crippen molar-refractivity contribution in [3.63, 3.8) is 0 Å². The summed E-state index contributed by atoms with van der Waals surface area (Å²) in [6.07, 6.45) is -1.21. The van der Waals surface area contributed by atoms with Gasteiger partial charge >= 0.3 is 5.97 Å². The van der Waals surface area contributed by atoms with Gasteiger partial charge in [0.1, 0.15) is 18.1 Å². The van der Waals surface area contributed by atoms with E-state index in [0.29, 0.717) is 10.6 Å². The summed E-state index contributed by atoms with van der Waals surface area (Å²) in [6.45, 7) is 5.41. The second kappa shape index (κ2) is 10.9. The van der Waals surface area contributed by atoms with Crippen LogP contribution in [0.15, 0.2) is 54.6 Å². The van der Waals surface area contributed by atoms with Gasteiger partial charge < -0.3 is 20.3 Å². The van der Waals surface area contributed by atoms with Gasteiger partial charge in [-0.2, -0.15) is 9.78 Å². The SMILES string of the molecule is CC(C)(C)[C@H](O)COc1cc(C(=O)N[C@@H](CC(=O)O)c2ccc(Cl)cc2)nn1-c1ccccc1F. The van der Waals surface area contributed by atoms with Crippen LogP contribution in [0.2, 0.25) is 5.02 Å². The van der Waals surface area contributed by atoms with E-state index in [0.717, 1.165) is 4.68 Å². The van der Waals surface area contributed by atoms with Gasteiger partial charge in [0.2, 0.25) is 5.88 Å². The van der Waals surface area contributed by atoms with Gasteiger partial charge in [-0.25, -0.2) is 4.39 Å². The number of benzene rings is 2. The molecule has 2 aromatic carbocycles. The van der Waals surface area contributed by atoms with Crippen LogP contribution in [-0.2, 0) is 4.79 Å². The standard InChI is InChI=1S/C25H27ClFN3O5/c1-25(2,3)21(31)14-35-22-12-19(29-30(22)20-7-5-4-6-17(20)27)24(34)28-18(13-23(32)33)15-8-10-16(26)11-9-15/h4-12,18,21,31H,13-14H2,1-3H3,(H,28,34)(H,32,33)/t18-,21+/m0/s1. The lowest BCUT2D eigenvalue weighted by molar-refractivity contribution is -0.137. The van der Waals surface area contributed by atoms with Crippen molar-refractivity contribution < 1.29 is 28.9 Å². The number of para-hydroxylation sites is 1. The summed E-state index contributed by atoms with van der Waals surface area (Å²) >= 11 is 5.92. The zero-order valence-corrected chi connectivity index (χ0v) is 20.3. The zero-order valence-electron chi connectivity index (χ0n) is 19.5. The maximum Gasteiger partial charge on any atom is 0.305 e. The van der Waals surface area contributed by atoms with Gasteiger partial charge in [-0.05, 0) is 35.2 Å². The summed E-state index contributed by atoms with van der Waals surface area (Å²) in [5.74, 6) is -2.33. The topological polar surface area (TPSA) is 114 Å². The highest BCUT2D eigenvalue weighted by Crippen LogP contribution is 2.26. The third-order valence-corrected chi connectivity index (χ3v) is 5.59. The molecule has 0 aliphatic carbocycles. The molecular formula is C25H27ClFN3O5. The quantitative estimate of drug-likeness (QED) is 0.399. The number of carboxylic acids is 1. The van der Waals surface area contributed by atoms with Gasteiger partial charge in [0.05, 0.1) is 18.6 Å². The lowest BCUT2D eigenvalue weighted by Gasteiger charge is -2.25. The number of aliphatic carboxylic acids is 1. The summed E-state index contributed by atoms with van der Waals surface area (Å²) in [5, 5.41) is 27.0. The first-order valence-corrected chi connectivity index (χ1v) is 11.3. The summed E-state index contributed by atoms with van der Waals surface area (Å²) in [7, 11) is 0. The molecule has 8 nitrogen and oxygen atoms in total. The van der Waals surface area contributed by atoms with Crippen molar-refractivity contribution in [3.8, 4) is 11.6 Å². The molecule has 0 fully saturated rings. The van der Waals surface area contributed by atoms with Crippen molar-refractivity contribution in [2.75, 3.05) is 6.61 Å². The van der Waals surface area contributed by atoms with Gasteiger partial charge in [-0.3, -0.25) is 9.59 Å². The molecule has 0 saturated heterocycles. The Morgan fingerprint density at radius 2 is 1.83 bits per heavy atom. The number of aliphatic hydroxyl groups excluding tert-OH is 1. The lowest BCUT2D eigenvalue weighted by atomic mass is 9.90. The number of hydrogen-bond donors (Lipinski definition) is 3. The van der Waals surface area contributed by atoms with Crippen LogP contribution in [0, 0.1) is 11.2 Å². The molecule has 186 valence electrons. The van der Waals surface area contributed by atoms with Crippen LogP contribution in [0.4, 0.5) is 4.39 Å². The van der Waals surface area contributed by atoms with Crippen molar-refractivity contribution in [2.45, 2.75) is 39.3 Å². The first kappa shape index (κ1) is 26.2. The van der Waals surface area contributed by atoms with Crippen molar-refractivity contribution in [1.82, 2.24) is 15.1 Å². The number of amides is 1. The van der Waals surface area contributed by atoms with E-state index in [-0.39, 0.29) is 30.3 Å². The molecular weight excluding hydrogens is 477 g/mol. The van der Waals surface area contributed by atoms with Crippen LogP contribution >= 0.6 is 11.6 Å². The van der Waals surface area contributed by atoms with E-state index >= 15 is 0 Å². The fraction of sp³-hybridized carbons (Fsp3) is 0.320. The minimum absolute atomic E-state index is 0.0461. The molecule has 0 aliphatic rings. The fourth-order valence-electron chi connectivity index (χ4n) is 3.14. The molecule has 2 atom stereocenters. The van der Waals surface area contributed by atoms with Gasteiger partial charge in [0.15, 0.2) is 5.69 Å². The van der Waals surface area contributed by atoms with Crippen molar-refractivity contribution in [1.29, 1.82) is 0 Å². The Morgan fingerprint density at radius 1 is 1.17 bits per heavy atom. The largest absolute Gasteiger partial charge is 0.481 e. The van der Waals surface area contributed by atoms with Crippen molar-refractivity contribution in [2.24, 2.45) is 5.41 Å². The summed E-state index contributed by atoms with van der Waals surface area (Å²) in [4.78, 5) is 24.4. The van der Waals surface area contributed by atoms with Gasteiger partial charge in [-0.1, -0.05) is 56.6 Å². The van der Waals surface area contributed by atoms with Crippen molar-refractivity contribution in [3.05, 3.63) is 76.7 Å². The zero-order chi connectivity index (χ0) is 25.8. The third-order valence-electron chi connectivity index (χ3n) is 5.34. The monoisotopic (exact) mass is 503 g/mol. The molecule has 3 aromatic rings. The molecule has 10 heteroatoms. The predicted molar refractivity (Wildman–Crippen MR) is 128 cm³/mol. The minimum Gasteiger partial charge on any atom is -0.481 e. The maximum atomic E-state index is 14.5. The first-order chi connectivity index (χ1) is 16.5. The number of ether oxygens (including phenoxy) is 1. The maximum absolute atomic E-state index is 14.5. The lowest BCUT2D eigenvalue weighted by Crippen LogP contribution is -2.32. The summed E-state index contributed by atoms with van der Waals surface area (Å²) in [5.41, 5.74) is 0.0130. The molecule has 3 rings (SSSR count). The molecule has 1 amide bonds. The highest BCUT2D eigenvalue weighted by atomic mass is 35.5.